The molecule has 1 unspecified atom stereocenters. The minimum absolute atomic E-state index is 0.0397. The third-order valence-electron chi connectivity index (χ3n) is 2.63. The van der Waals surface area contributed by atoms with E-state index < -0.39 is 5.97 Å². The van der Waals surface area contributed by atoms with Gasteiger partial charge in [-0.3, -0.25) is 4.79 Å². The van der Waals surface area contributed by atoms with Gasteiger partial charge in [0.25, 0.3) is 0 Å². The highest BCUT2D eigenvalue weighted by molar-refractivity contribution is 5.74. The molecule has 2 amide bonds. The van der Waals surface area contributed by atoms with Crippen LogP contribution in [0.15, 0.2) is 23.0 Å². The van der Waals surface area contributed by atoms with E-state index in [0.717, 1.165) is 5.56 Å². The Labute approximate surface area is 105 Å². The van der Waals surface area contributed by atoms with Crippen LogP contribution >= 0.6 is 0 Å². The number of carboxylic acid groups (broad SMARTS) is 1. The van der Waals surface area contributed by atoms with Gasteiger partial charge in [0.15, 0.2) is 0 Å². The maximum atomic E-state index is 11.4. The lowest BCUT2D eigenvalue weighted by atomic mass is 10.0. The Kier molecular flexibility index (Phi) is 5.76. The lowest BCUT2D eigenvalue weighted by Crippen LogP contribution is -2.38. The van der Waals surface area contributed by atoms with Crippen LogP contribution in [0.25, 0.3) is 0 Å². The maximum absolute atomic E-state index is 11.4. The topological polar surface area (TPSA) is 91.6 Å². The Morgan fingerprint density at radius 2 is 2.22 bits per heavy atom. The van der Waals surface area contributed by atoms with Crippen molar-refractivity contribution in [2.24, 2.45) is 5.92 Å². The van der Waals surface area contributed by atoms with E-state index in [1.54, 1.807) is 12.3 Å². The zero-order chi connectivity index (χ0) is 13.4. The first-order valence-corrected chi connectivity index (χ1v) is 5.86. The fourth-order valence-electron chi connectivity index (χ4n) is 1.48. The highest BCUT2D eigenvalue weighted by Crippen LogP contribution is 2.06. The van der Waals surface area contributed by atoms with E-state index >= 15 is 0 Å². The van der Waals surface area contributed by atoms with E-state index in [1.807, 2.05) is 6.92 Å². The average molecular weight is 254 g/mol. The summed E-state index contributed by atoms with van der Waals surface area (Å²) in [5.74, 6) is -0.885. The molecule has 1 heterocycles. The van der Waals surface area contributed by atoms with E-state index in [2.05, 4.69) is 10.6 Å². The summed E-state index contributed by atoms with van der Waals surface area (Å²) in [7, 11) is 0. The molecule has 0 saturated heterocycles. The fraction of sp³-hybridized carbons (Fsp3) is 0.500. The van der Waals surface area contributed by atoms with Crippen molar-refractivity contribution in [1.29, 1.82) is 0 Å². The van der Waals surface area contributed by atoms with Crippen molar-refractivity contribution in [1.82, 2.24) is 10.6 Å². The van der Waals surface area contributed by atoms with Crippen molar-refractivity contribution in [2.75, 3.05) is 6.54 Å². The smallest absolute Gasteiger partial charge is 0.315 e. The molecule has 1 rings (SSSR count). The molecular formula is C12H18N2O4. The second-order valence-corrected chi connectivity index (χ2v) is 4.07. The predicted molar refractivity (Wildman–Crippen MR) is 65.0 cm³/mol. The summed E-state index contributed by atoms with van der Waals surface area (Å²) in [5, 5.41) is 14.0. The Bertz CT molecular complexity index is 375. The average Bonchev–Trinajstić information content (AvgIpc) is 2.84. The number of hydrogen-bond donors (Lipinski definition) is 3. The zero-order valence-electron chi connectivity index (χ0n) is 10.3. The molecule has 1 aromatic rings. The van der Waals surface area contributed by atoms with Crippen molar-refractivity contribution in [3.05, 3.63) is 24.2 Å². The lowest BCUT2D eigenvalue weighted by molar-refractivity contribution is -0.138. The molecule has 0 spiro atoms. The minimum Gasteiger partial charge on any atom is -0.481 e. The van der Waals surface area contributed by atoms with Crippen LogP contribution in [0.3, 0.4) is 0 Å². The van der Waals surface area contributed by atoms with Crippen LogP contribution < -0.4 is 10.6 Å². The number of hydrogen-bond acceptors (Lipinski definition) is 3. The first-order valence-electron chi connectivity index (χ1n) is 5.86. The van der Waals surface area contributed by atoms with Crippen LogP contribution in [0.4, 0.5) is 4.79 Å². The van der Waals surface area contributed by atoms with Crippen molar-refractivity contribution in [3.8, 4) is 0 Å². The molecular weight excluding hydrogens is 236 g/mol. The summed E-state index contributed by atoms with van der Waals surface area (Å²) in [6, 6.07) is 1.46. The number of amides is 2. The van der Waals surface area contributed by atoms with Gasteiger partial charge < -0.3 is 20.2 Å². The summed E-state index contributed by atoms with van der Waals surface area (Å²) in [5.41, 5.74) is 0.878. The Balaban J connectivity index is 2.21. The van der Waals surface area contributed by atoms with Crippen molar-refractivity contribution in [3.63, 3.8) is 0 Å². The largest absolute Gasteiger partial charge is 0.481 e. The second kappa shape index (κ2) is 7.37. The van der Waals surface area contributed by atoms with Crippen molar-refractivity contribution < 1.29 is 19.1 Å². The monoisotopic (exact) mass is 254 g/mol. The first kappa shape index (κ1) is 14.1. The summed E-state index contributed by atoms with van der Waals surface area (Å²) < 4.78 is 4.87. The van der Waals surface area contributed by atoms with Gasteiger partial charge >= 0.3 is 12.0 Å². The lowest BCUT2D eigenvalue weighted by Gasteiger charge is -2.13. The number of furan rings is 1. The number of carbonyl (C=O) groups excluding carboxylic acids is 1. The van der Waals surface area contributed by atoms with Crippen LogP contribution in [-0.2, 0) is 11.3 Å². The SMILES string of the molecule is CCC(CNC(=O)NCc1ccoc1)CC(=O)O. The van der Waals surface area contributed by atoms with Gasteiger partial charge in [0, 0.05) is 25.1 Å². The quantitative estimate of drug-likeness (QED) is 0.689. The Hall–Kier alpha value is -1.98. The van der Waals surface area contributed by atoms with Crippen LogP contribution in [0.1, 0.15) is 25.3 Å². The van der Waals surface area contributed by atoms with Crippen LogP contribution in [0.5, 0.6) is 0 Å². The first-order chi connectivity index (χ1) is 8.61. The van der Waals surface area contributed by atoms with Crippen LogP contribution in [-0.4, -0.2) is 23.7 Å². The molecule has 1 aromatic heterocycles. The Morgan fingerprint density at radius 3 is 2.78 bits per heavy atom. The van der Waals surface area contributed by atoms with Gasteiger partial charge in [0.05, 0.1) is 12.5 Å². The molecule has 0 bridgehead atoms. The standard InChI is InChI=1S/C12H18N2O4/c1-2-9(5-11(15)16)6-13-12(17)14-7-10-3-4-18-8-10/h3-4,8-9H,2,5-7H2,1H3,(H,15,16)(H2,13,14,17). The van der Waals surface area contributed by atoms with Crippen LogP contribution in [0, 0.1) is 5.92 Å². The van der Waals surface area contributed by atoms with Gasteiger partial charge in [0.2, 0.25) is 0 Å². The van der Waals surface area contributed by atoms with Crippen molar-refractivity contribution in [2.45, 2.75) is 26.3 Å². The number of urea groups is 1. The molecule has 0 aliphatic rings. The molecule has 3 N–H and O–H groups in total. The molecule has 0 radical (unpaired) electrons. The normalized spacial score (nSPS) is 11.8. The maximum Gasteiger partial charge on any atom is 0.315 e. The molecule has 18 heavy (non-hydrogen) atoms. The summed E-state index contributed by atoms with van der Waals surface area (Å²) in [6.45, 7) is 2.65. The van der Waals surface area contributed by atoms with Crippen molar-refractivity contribution >= 4 is 12.0 Å². The summed E-state index contributed by atoms with van der Waals surface area (Å²) in [4.78, 5) is 22.0. The molecule has 0 aliphatic carbocycles. The highest BCUT2D eigenvalue weighted by atomic mass is 16.4. The van der Waals surface area contributed by atoms with Gasteiger partial charge in [0.1, 0.15) is 0 Å². The van der Waals surface area contributed by atoms with Gasteiger partial charge in [-0.15, -0.1) is 0 Å². The highest BCUT2D eigenvalue weighted by Gasteiger charge is 2.12. The number of carboxylic acids is 1. The second-order valence-electron chi connectivity index (χ2n) is 4.07. The summed E-state index contributed by atoms with van der Waals surface area (Å²) in [6.07, 6.45) is 3.88. The van der Waals surface area contributed by atoms with Gasteiger partial charge in [-0.25, -0.2) is 4.79 Å². The summed E-state index contributed by atoms with van der Waals surface area (Å²) >= 11 is 0. The van der Waals surface area contributed by atoms with E-state index in [4.69, 9.17) is 9.52 Å². The minimum atomic E-state index is -0.845. The fourth-order valence-corrected chi connectivity index (χ4v) is 1.48. The Morgan fingerprint density at radius 1 is 1.44 bits per heavy atom. The molecule has 6 nitrogen and oxygen atoms in total. The van der Waals surface area contributed by atoms with Gasteiger partial charge in [-0.2, -0.15) is 0 Å². The number of aliphatic carboxylic acids is 1. The van der Waals surface area contributed by atoms with Gasteiger partial charge in [-0.05, 0) is 12.0 Å². The molecule has 100 valence electrons. The van der Waals surface area contributed by atoms with E-state index in [0.29, 0.717) is 19.5 Å². The molecule has 0 fully saturated rings. The van der Waals surface area contributed by atoms with E-state index in [9.17, 15) is 9.59 Å². The van der Waals surface area contributed by atoms with E-state index in [-0.39, 0.29) is 18.4 Å². The third kappa shape index (κ3) is 5.38. The zero-order valence-corrected chi connectivity index (χ0v) is 10.3. The van der Waals surface area contributed by atoms with Gasteiger partial charge in [-0.1, -0.05) is 13.3 Å². The molecule has 6 heteroatoms. The molecule has 0 aliphatic heterocycles. The number of rotatable bonds is 7. The predicted octanol–water partition coefficient (Wildman–Crippen LogP) is 1.58. The molecule has 1 atom stereocenters. The molecule has 0 saturated carbocycles. The van der Waals surface area contributed by atoms with E-state index in [1.165, 1.54) is 6.26 Å². The third-order valence-corrected chi connectivity index (χ3v) is 2.63. The number of carbonyl (C=O) groups is 2. The molecule has 0 aromatic carbocycles. The number of nitrogens with one attached hydrogen (secondary N) is 2. The van der Waals surface area contributed by atoms with Crippen LogP contribution in [0.2, 0.25) is 0 Å².